The van der Waals surface area contributed by atoms with Gasteiger partial charge < -0.3 is 25.2 Å². The first-order valence-electron chi connectivity index (χ1n) is 11.7. The van der Waals surface area contributed by atoms with E-state index in [-0.39, 0.29) is 31.4 Å². The van der Waals surface area contributed by atoms with Gasteiger partial charge in [-0.25, -0.2) is 19.7 Å². The average Bonchev–Trinajstić information content (AvgIpc) is 3.27. The zero-order valence-corrected chi connectivity index (χ0v) is 20.7. The van der Waals surface area contributed by atoms with E-state index >= 15 is 0 Å². The third-order valence-corrected chi connectivity index (χ3v) is 5.39. The van der Waals surface area contributed by atoms with Crippen molar-refractivity contribution in [3.63, 3.8) is 0 Å². The number of carboxylic acid groups (broad SMARTS) is 1. The molecule has 0 unspecified atom stereocenters. The van der Waals surface area contributed by atoms with E-state index in [9.17, 15) is 19.5 Å². The van der Waals surface area contributed by atoms with Crippen molar-refractivity contribution in [1.82, 2.24) is 29.7 Å². The van der Waals surface area contributed by atoms with Gasteiger partial charge in [0.25, 0.3) is 5.91 Å². The lowest BCUT2D eigenvalue weighted by molar-refractivity contribution is -0.146. The first-order chi connectivity index (χ1) is 17.6. The second kappa shape index (κ2) is 10.9. The number of carbonyl (C=O) groups is 3. The Hall–Kier alpha value is -4.10. The maximum Gasteiger partial charge on any atom is 0.407 e. The summed E-state index contributed by atoms with van der Waals surface area (Å²) in [5.41, 5.74) is 0.570. The van der Waals surface area contributed by atoms with Gasteiger partial charge in [-0.05, 0) is 32.9 Å². The molecule has 3 heterocycles. The van der Waals surface area contributed by atoms with Gasteiger partial charge in [0, 0.05) is 25.2 Å². The van der Waals surface area contributed by atoms with Crippen LogP contribution in [0.1, 0.15) is 37.4 Å². The number of aromatic nitrogens is 4. The highest BCUT2D eigenvalue weighted by Gasteiger charge is 2.32. The summed E-state index contributed by atoms with van der Waals surface area (Å²) in [6.07, 6.45) is 1.03. The minimum absolute atomic E-state index is 0.113. The van der Waals surface area contributed by atoms with Crippen LogP contribution in [-0.4, -0.2) is 85.4 Å². The number of carboxylic acids is 1. The first-order valence-corrected chi connectivity index (χ1v) is 11.7. The molecule has 196 valence electrons. The maximum atomic E-state index is 12.6. The number of nitrogens with zero attached hydrogens (tertiary/aromatic N) is 5. The molecule has 3 N–H and O–H groups in total. The van der Waals surface area contributed by atoms with Crippen molar-refractivity contribution in [3.8, 4) is 0 Å². The van der Waals surface area contributed by atoms with Gasteiger partial charge in [0.15, 0.2) is 17.0 Å². The molecule has 2 atom stereocenters. The van der Waals surface area contributed by atoms with E-state index in [1.54, 1.807) is 54.5 Å². The Kier molecular flexibility index (Phi) is 7.64. The Morgan fingerprint density at radius 1 is 1.14 bits per heavy atom. The van der Waals surface area contributed by atoms with Crippen molar-refractivity contribution < 1.29 is 29.0 Å². The second-order valence-corrected chi connectivity index (χ2v) is 9.55. The number of ether oxygens (including phenoxy) is 2. The first kappa shape index (κ1) is 26.0. The number of fused-ring (bicyclic) bond motifs is 1. The lowest BCUT2D eigenvalue weighted by Gasteiger charge is -2.37. The Morgan fingerprint density at radius 2 is 1.89 bits per heavy atom. The molecule has 13 heteroatoms. The number of amides is 2. The smallest absolute Gasteiger partial charge is 0.407 e. The molecular weight excluding hydrogens is 482 g/mol. The van der Waals surface area contributed by atoms with Crippen molar-refractivity contribution in [2.45, 2.75) is 38.7 Å². The van der Waals surface area contributed by atoms with Crippen LogP contribution in [0.15, 0.2) is 43.0 Å². The van der Waals surface area contributed by atoms with Gasteiger partial charge in [-0.3, -0.25) is 19.1 Å². The Balaban J connectivity index is 1.53. The van der Waals surface area contributed by atoms with Crippen molar-refractivity contribution in [3.05, 3.63) is 48.5 Å². The number of nitrogens with one attached hydrogen (secondary N) is 2. The molecule has 0 bridgehead atoms. The van der Waals surface area contributed by atoms with Crippen LogP contribution in [0.4, 0.5) is 10.6 Å². The standard InChI is InChI=1S/C24H29N7O6/c1-24(2,3)37-23(35)25-9-16-10-30(12-18(32)33)11-17(36-16)31-14-28-19-20(26-13-27-21(19)31)29-22(34)15-7-5-4-6-8-15/h4-8,13-14,16-17H,9-12H2,1-3H3,(H,25,35)(H,32,33)(H,26,27,29,34)/t16-,17-/m1/s1. The highest BCUT2D eigenvalue weighted by Crippen LogP contribution is 2.26. The summed E-state index contributed by atoms with van der Waals surface area (Å²) in [7, 11) is 0. The van der Waals surface area contributed by atoms with Crippen LogP contribution in [-0.2, 0) is 14.3 Å². The number of rotatable bonds is 7. The topological polar surface area (TPSA) is 161 Å². The summed E-state index contributed by atoms with van der Waals surface area (Å²) in [5, 5.41) is 14.8. The van der Waals surface area contributed by atoms with Crippen molar-refractivity contribution in [2.24, 2.45) is 0 Å². The third-order valence-electron chi connectivity index (χ3n) is 5.39. The summed E-state index contributed by atoms with van der Waals surface area (Å²) in [6.45, 7) is 5.73. The zero-order valence-electron chi connectivity index (χ0n) is 20.7. The lowest BCUT2D eigenvalue weighted by atomic mass is 10.2. The van der Waals surface area contributed by atoms with Crippen LogP contribution in [0.5, 0.6) is 0 Å². The van der Waals surface area contributed by atoms with Gasteiger partial charge in [0.05, 0.1) is 19.0 Å². The minimum Gasteiger partial charge on any atom is -0.480 e. The van der Waals surface area contributed by atoms with Gasteiger partial charge in [0.1, 0.15) is 18.2 Å². The van der Waals surface area contributed by atoms with E-state index in [4.69, 9.17) is 9.47 Å². The van der Waals surface area contributed by atoms with Gasteiger partial charge in [-0.2, -0.15) is 0 Å². The predicted octanol–water partition coefficient (Wildman–Crippen LogP) is 1.89. The molecule has 1 fully saturated rings. The number of aliphatic carboxylic acids is 1. The van der Waals surface area contributed by atoms with E-state index in [0.717, 1.165) is 0 Å². The van der Waals surface area contributed by atoms with Crippen molar-refractivity contribution in [2.75, 3.05) is 31.5 Å². The van der Waals surface area contributed by atoms with Crippen LogP contribution >= 0.6 is 0 Å². The predicted molar refractivity (Wildman–Crippen MR) is 132 cm³/mol. The average molecular weight is 512 g/mol. The number of morpholine rings is 1. The van der Waals surface area contributed by atoms with Gasteiger partial charge in [-0.15, -0.1) is 0 Å². The molecule has 0 spiro atoms. The molecule has 37 heavy (non-hydrogen) atoms. The third kappa shape index (κ3) is 6.77. The summed E-state index contributed by atoms with van der Waals surface area (Å²) in [4.78, 5) is 50.7. The number of carbonyl (C=O) groups excluding carboxylic acids is 2. The van der Waals surface area contributed by atoms with Crippen LogP contribution in [0.25, 0.3) is 11.2 Å². The molecule has 1 aliphatic heterocycles. The molecule has 0 radical (unpaired) electrons. The SMILES string of the molecule is CC(C)(C)OC(=O)NC[C@@H]1CN(CC(=O)O)C[C@H](n2cnc3c(NC(=O)c4ccccc4)ncnc32)O1. The number of benzene rings is 1. The number of alkyl carbamates (subject to hydrolysis) is 1. The van der Waals surface area contributed by atoms with Crippen LogP contribution < -0.4 is 10.6 Å². The fourth-order valence-corrected chi connectivity index (χ4v) is 3.91. The summed E-state index contributed by atoms with van der Waals surface area (Å²) >= 11 is 0. The fraction of sp³-hybridized carbons (Fsp3) is 0.417. The number of imidazole rings is 1. The van der Waals surface area contributed by atoms with Crippen molar-refractivity contribution >= 4 is 35.0 Å². The molecular formula is C24H29N7O6. The molecule has 1 saturated heterocycles. The molecule has 1 aliphatic rings. The highest BCUT2D eigenvalue weighted by atomic mass is 16.6. The Bertz CT molecular complexity index is 1270. The quantitative estimate of drug-likeness (QED) is 0.427. The van der Waals surface area contributed by atoms with E-state index in [1.807, 2.05) is 6.07 Å². The zero-order chi connectivity index (χ0) is 26.6. The largest absolute Gasteiger partial charge is 0.480 e. The number of hydrogen-bond donors (Lipinski definition) is 3. The van der Waals surface area contributed by atoms with Gasteiger partial charge >= 0.3 is 12.1 Å². The number of hydrogen-bond acceptors (Lipinski definition) is 9. The van der Waals surface area contributed by atoms with E-state index in [1.165, 1.54) is 12.7 Å². The van der Waals surface area contributed by atoms with Crippen LogP contribution in [0, 0.1) is 0 Å². The molecule has 3 aromatic rings. The fourth-order valence-electron chi connectivity index (χ4n) is 3.91. The normalized spacial score (nSPS) is 18.4. The van der Waals surface area contributed by atoms with E-state index in [0.29, 0.717) is 23.3 Å². The molecule has 2 aromatic heterocycles. The second-order valence-electron chi connectivity index (χ2n) is 9.55. The molecule has 4 rings (SSSR count). The summed E-state index contributed by atoms with van der Waals surface area (Å²) in [6, 6.07) is 8.71. The van der Waals surface area contributed by atoms with Crippen LogP contribution in [0.3, 0.4) is 0 Å². The van der Waals surface area contributed by atoms with Gasteiger partial charge in [0.2, 0.25) is 0 Å². The van der Waals surface area contributed by atoms with Crippen molar-refractivity contribution in [1.29, 1.82) is 0 Å². The number of anilines is 1. The summed E-state index contributed by atoms with van der Waals surface area (Å²) in [5.74, 6) is -1.09. The Labute approximate surface area is 212 Å². The highest BCUT2D eigenvalue weighted by molar-refractivity contribution is 6.06. The van der Waals surface area contributed by atoms with Crippen LogP contribution in [0.2, 0.25) is 0 Å². The minimum atomic E-state index is -0.983. The molecule has 0 aliphatic carbocycles. The maximum absolute atomic E-state index is 12.6. The Morgan fingerprint density at radius 3 is 2.59 bits per heavy atom. The lowest BCUT2D eigenvalue weighted by Crippen LogP contribution is -2.51. The monoisotopic (exact) mass is 511 g/mol. The summed E-state index contributed by atoms with van der Waals surface area (Å²) < 4.78 is 13.1. The van der Waals surface area contributed by atoms with E-state index < -0.39 is 30.0 Å². The van der Waals surface area contributed by atoms with E-state index in [2.05, 4.69) is 25.6 Å². The van der Waals surface area contributed by atoms with Gasteiger partial charge in [-0.1, -0.05) is 18.2 Å². The molecule has 2 amide bonds. The molecule has 1 aromatic carbocycles. The molecule has 0 saturated carbocycles. The molecule has 13 nitrogen and oxygen atoms in total.